The Labute approximate surface area is 94.2 Å². The van der Waals surface area contributed by atoms with Crippen LogP contribution >= 0.6 is 11.3 Å². The van der Waals surface area contributed by atoms with Crippen molar-refractivity contribution in [3.05, 3.63) is 16.0 Å². The molecular formula is C11H17NO2S. The first kappa shape index (κ1) is 12.0. The van der Waals surface area contributed by atoms with Gasteiger partial charge in [0.05, 0.1) is 11.7 Å². The Morgan fingerprint density at radius 2 is 2.13 bits per heavy atom. The minimum atomic E-state index is -0.302. The van der Waals surface area contributed by atoms with Crippen LogP contribution in [0.25, 0.3) is 0 Å². The van der Waals surface area contributed by atoms with Crippen molar-refractivity contribution in [2.24, 2.45) is 0 Å². The van der Waals surface area contributed by atoms with Crippen LogP contribution in [0.4, 0.5) is 5.00 Å². The van der Waals surface area contributed by atoms with E-state index in [2.05, 4.69) is 0 Å². The van der Waals surface area contributed by atoms with E-state index in [0.29, 0.717) is 10.6 Å². The van der Waals surface area contributed by atoms with Crippen LogP contribution < -0.4 is 5.73 Å². The van der Waals surface area contributed by atoms with Crippen LogP contribution in [0.3, 0.4) is 0 Å². The van der Waals surface area contributed by atoms with Gasteiger partial charge in [-0.1, -0.05) is 6.92 Å². The average molecular weight is 227 g/mol. The van der Waals surface area contributed by atoms with Gasteiger partial charge in [-0.2, -0.15) is 0 Å². The zero-order valence-electron chi connectivity index (χ0n) is 9.59. The molecule has 0 fully saturated rings. The van der Waals surface area contributed by atoms with Gasteiger partial charge in [0.2, 0.25) is 0 Å². The van der Waals surface area contributed by atoms with E-state index in [-0.39, 0.29) is 12.1 Å². The van der Waals surface area contributed by atoms with Crippen molar-refractivity contribution in [1.82, 2.24) is 0 Å². The third kappa shape index (κ3) is 2.50. The number of hydrogen-bond acceptors (Lipinski definition) is 4. The Bertz CT molecular complexity index is 369. The van der Waals surface area contributed by atoms with Gasteiger partial charge in [-0.25, -0.2) is 4.79 Å². The number of anilines is 1. The predicted molar refractivity (Wildman–Crippen MR) is 63.4 cm³/mol. The Morgan fingerprint density at radius 1 is 1.53 bits per heavy atom. The number of nitrogen functional groups attached to an aromatic ring is 1. The molecule has 0 amide bonds. The van der Waals surface area contributed by atoms with E-state index in [4.69, 9.17) is 10.5 Å². The van der Waals surface area contributed by atoms with E-state index >= 15 is 0 Å². The van der Waals surface area contributed by atoms with E-state index < -0.39 is 0 Å². The third-order valence-electron chi connectivity index (χ3n) is 2.14. The molecule has 1 rings (SSSR count). The molecule has 1 aromatic heterocycles. The molecule has 0 bridgehead atoms. The number of nitrogens with two attached hydrogens (primary N) is 1. The SMILES string of the molecule is CCc1c(C)sc(N)c1C(=O)OC(C)C. The van der Waals surface area contributed by atoms with Crippen molar-refractivity contribution < 1.29 is 9.53 Å². The second-order valence-corrected chi connectivity index (χ2v) is 4.94. The van der Waals surface area contributed by atoms with Gasteiger partial charge in [0.1, 0.15) is 5.00 Å². The standard InChI is InChI=1S/C11H17NO2S/c1-5-8-7(4)15-10(12)9(8)11(13)14-6(2)3/h6H,5,12H2,1-4H3. The fraction of sp³-hybridized carbons (Fsp3) is 0.545. The molecule has 0 aliphatic carbocycles. The van der Waals surface area contributed by atoms with Crippen molar-refractivity contribution in [2.75, 3.05) is 5.73 Å². The number of esters is 1. The number of ether oxygens (including phenoxy) is 1. The van der Waals surface area contributed by atoms with Gasteiger partial charge in [0, 0.05) is 4.88 Å². The van der Waals surface area contributed by atoms with E-state index in [1.807, 2.05) is 27.7 Å². The molecule has 15 heavy (non-hydrogen) atoms. The van der Waals surface area contributed by atoms with Gasteiger partial charge in [0.25, 0.3) is 0 Å². The first-order valence-corrected chi connectivity index (χ1v) is 5.87. The van der Waals surface area contributed by atoms with Crippen molar-refractivity contribution in [2.45, 2.75) is 40.2 Å². The topological polar surface area (TPSA) is 52.3 Å². The number of rotatable bonds is 3. The number of carbonyl (C=O) groups is 1. The summed E-state index contributed by atoms with van der Waals surface area (Å²) < 4.78 is 5.16. The molecule has 0 atom stereocenters. The zero-order valence-corrected chi connectivity index (χ0v) is 10.4. The largest absolute Gasteiger partial charge is 0.459 e. The van der Waals surface area contributed by atoms with E-state index in [0.717, 1.165) is 16.9 Å². The minimum Gasteiger partial charge on any atom is -0.459 e. The first-order chi connectivity index (χ1) is 6.97. The summed E-state index contributed by atoms with van der Waals surface area (Å²) in [5.41, 5.74) is 7.39. The van der Waals surface area contributed by atoms with Crippen LogP contribution in [0.2, 0.25) is 0 Å². The summed E-state index contributed by atoms with van der Waals surface area (Å²) >= 11 is 1.45. The highest BCUT2D eigenvalue weighted by atomic mass is 32.1. The maximum absolute atomic E-state index is 11.8. The molecule has 0 aromatic carbocycles. The van der Waals surface area contributed by atoms with Gasteiger partial charge >= 0.3 is 5.97 Å². The lowest BCUT2D eigenvalue weighted by Gasteiger charge is -2.08. The summed E-state index contributed by atoms with van der Waals surface area (Å²) in [6, 6.07) is 0. The molecule has 0 saturated carbocycles. The van der Waals surface area contributed by atoms with Crippen LogP contribution in [-0.4, -0.2) is 12.1 Å². The number of carbonyl (C=O) groups excluding carboxylic acids is 1. The maximum atomic E-state index is 11.8. The summed E-state index contributed by atoms with van der Waals surface area (Å²) in [4.78, 5) is 12.9. The Kier molecular flexibility index (Phi) is 3.74. The van der Waals surface area contributed by atoms with Crippen LogP contribution in [0, 0.1) is 6.92 Å². The molecule has 0 spiro atoms. The molecule has 4 heteroatoms. The van der Waals surface area contributed by atoms with E-state index in [1.54, 1.807) is 0 Å². The Morgan fingerprint density at radius 3 is 2.60 bits per heavy atom. The Balaban J connectivity index is 3.07. The summed E-state index contributed by atoms with van der Waals surface area (Å²) in [6.45, 7) is 7.66. The third-order valence-corrected chi connectivity index (χ3v) is 3.11. The molecule has 0 aliphatic heterocycles. The van der Waals surface area contributed by atoms with Crippen molar-refractivity contribution in [3.8, 4) is 0 Å². The highest BCUT2D eigenvalue weighted by Crippen LogP contribution is 2.31. The molecule has 0 unspecified atom stereocenters. The van der Waals surface area contributed by atoms with E-state index in [9.17, 15) is 4.79 Å². The summed E-state index contributed by atoms with van der Waals surface area (Å²) in [5, 5.41) is 0.565. The second kappa shape index (κ2) is 4.66. The molecule has 1 aromatic rings. The molecule has 0 radical (unpaired) electrons. The van der Waals surface area contributed by atoms with Crippen LogP contribution in [0.5, 0.6) is 0 Å². The zero-order chi connectivity index (χ0) is 11.6. The number of aryl methyl sites for hydroxylation is 1. The molecule has 0 saturated heterocycles. The predicted octanol–water partition coefficient (Wildman–Crippen LogP) is 2.77. The highest BCUT2D eigenvalue weighted by molar-refractivity contribution is 7.16. The minimum absolute atomic E-state index is 0.109. The molecule has 84 valence electrons. The lowest BCUT2D eigenvalue weighted by Crippen LogP contribution is -2.13. The molecule has 1 heterocycles. The van der Waals surface area contributed by atoms with Crippen LogP contribution in [0.15, 0.2) is 0 Å². The second-order valence-electron chi connectivity index (χ2n) is 3.68. The van der Waals surface area contributed by atoms with Crippen LogP contribution in [-0.2, 0) is 11.2 Å². The molecule has 0 aliphatic rings. The van der Waals surface area contributed by atoms with Gasteiger partial charge in [-0.05, 0) is 32.8 Å². The quantitative estimate of drug-likeness (QED) is 0.808. The number of hydrogen-bond donors (Lipinski definition) is 1. The molecule has 2 N–H and O–H groups in total. The van der Waals surface area contributed by atoms with E-state index in [1.165, 1.54) is 11.3 Å². The lowest BCUT2D eigenvalue weighted by atomic mass is 10.1. The number of thiophene rings is 1. The van der Waals surface area contributed by atoms with Gasteiger partial charge < -0.3 is 10.5 Å². The van der Waals surface area contributed by atoms with Crippen molar-refractivity contribution >= 4 is 22.3 Å². The average Bonchev–Trinajstić information content (AvgIpc) is 2.38. The van der Waals surface area contributed by atoms with Gasteiger partial charge in [0.15, 0.2) is 0 Å². The Hall–Kier alpha value is -1.03. The summed E-state index contributed by atoms with van der Waals surface area (Å²) in [6.07, 6.45) is 0.698. The summed E-state index contributed by atoms with van der Waals surface area (Å²) in [7, 11) is 0. The van der Waals surface area contributed by atoms with Gasteiger partial charge in [-0.3, -0.25) is 0 Å². The van der Waals surface area contributed by atoms with Crippen molar-refractivity contribution in [1.29, 1.82) is 0 Å². The molecular weight excluding hydrogens is 210 g/mol. The smallest absolute Gasteiger partial charge is 0.341 e. The monoisotopic (exact) mass is 227 g/mol. The maximum Gasteiger partial charge on any atom is 0.341 e. The van der Waals surface area contributed by atoms with Crippen LogP contribution in [0.1, 0.15) is 41.6 Å². The van der Waals surface area contributed by atoms with Crippen molar-refractivity contribution in [3.63, 3.8) is 0 Å². The summed E-state index contributed by atoms with van der Waals surface area (Å²) in [5.74, 6) is -0.302. The first-order valence-electron chi connectivity index (χ1n) is 5.06. The molecule has 3 nitrogen and oxygen atoms in total. The lowest BCUT2D eigenvalue weighted by molar-refractivity contribution is 0.0378. The fourth-order valence-corrected chi connectivity index (χ4v) is 2.53. The fourth-order valence-electron chi connectivity index (χ4n) is 1.52. The highest BCUT2D eigenvalue weighted by Gasteiger charge is 2.21. The van der Waals surface area contributed by atoms with Gasteiger partial charge in [-0.15, -0.1) is 11.3 Å². The normalized spacial score (nSPS) is 10.7.